The standard InChI is InChI=1S/C23H21N5O/c1-3-15(2)28-14-24-21-19(23(28)29)20-22(26-18-12-8-7-11-17(18)25-20)27(21)13-16-9-5-4-6-10-16/h4-12,14-15H,3,13H2,1-2H3/t15-/m1/s1. The van der Waals surface area contributed by atoms with Crippen molar-refractivity contribution >= 4 is 33.2 Å². The van der Waals surface area contributed by atoms with E-state index in [1.807, 2.05) is 54.0 Å². The minimum atomic E-state index is -0.0641. The molecule has 2 aromatic carbocycles. The summed E-state index contributed by atoms with van der Waals surface area (Å²) in [5, 5.41) is 0.539. The molecule has 0 amide bonds. The molecule has 5 rings (SSSR count). The molecule has 144 valence electrons. The summed E-state index contributed by atoms with van der Waals surface area (Å²) >= 11 is 0. The summed E-state index contributed by atoms with van der Waals surface area (Å²) in [6, 6.07) is 17.9. The van der Waals surface area contributed by atoms with E-state index in [-0.39, 0.29) is 11.6 Å². The lowest BCUT2D eigenvalue weighted by molar-refractivity contribution is 0.510. The van der Waals surface area contributed by atoms with Crippen molar-refractivity contribution in [1.29, 1.82) is 0 Å². The number of rotatable bonds is 4. The zero-order valence-electron chi connectivity index (χ0n) is 16.4. The number of aromatic nitrogens is 5. The van der Waals surface area contributed by atoms with Crippen LogP contribution in [0.1, 0.15) is 31.9 Å². The molecular formula is C23H21N5O. The highest BCUT2D eigenvalue weighted by Crippen LogP contribution is 2.26. The van der Waals surface area contributed by atoms with Crippen molar-refractivity contribution in [2.75, 3.05) is 0 Å². The van der Waals surface area contributed by atoms with Gasteiger partial charge in [0.1, 0.15) is 17.2 Å². The molecule has 0 saturated carbocycles. The summed E-state index contributed by atoms with van der Waals surface area (Å²) < 4.78 is 3.70. The Morgan fingerprint density at radius 2 is 1.62 bits per heavy atom. The van der Waals surface area contributed by atoms with Gasteiger partial charge in [-0.1, -0.05) is 49.4 Å². The summed E-state index contributed by atoms with van der Waals surface area (Å²) in [5.41, 5.74) is 4.57. The Morgan fingerprint density at radius 3 is 2.34 bits per heavy atom. The third kappa shape index (κ3) is 2.79. The highest BCUT2D eigenvalue weighted by molar-refractivity contribution is 6.04. The van der Waals surface area contributed by atoms with Gasteiger partial charge in [-0.2, -0.15) is 0 Å². The van der Waals surface area contributed by atoms with Gasteiger partial charge in [0.05, 0.1) is 17.6 Å². The van der Waals surface area contributed by atoms with Gasteiger partial charge < -0.3 is 4.57 Å². The maximum atomic E-state index is 13.4. The molecule has 0 radical (unpaired) electrons. The van der Waals surface area contributed by atoms with Gasteiger partial charge in [0.2, 0.25) is 0 Å². The molecule has 6 heteroatoms. The molecule has 5 aromatic rings. The highest BCUT2D eigenvalue weighted by atomic mass is 16.1. The zero-order valence-corrected chi connectivity index (χ0v) is 16.4. The van der Waals surface area contributed by atoms with E-state index in [1.165, 1.54) is 0 Å². The molecule has 1 atom stereocenters. The Balaban J connectivity index is 1.89. The van der Waals surface area contributed by atoms with E-state index in [2.05, 4.69) is 24.0 Å². The van der Waals surface area contributed by atoms with Crippen molar-refractivity contribution in [3.05, 3.63) is 76.8 Å². The van der Waals surface area contributed by atoms with Crippen LogP contribution in [0.2, 0.25) is 0 Å². The number of fused-ring (bicyclic) bond motifs is 4. The normalized spacial score (nSPS) is 12.8. The number of benzene rings is 2. The monoisotopic (exact) mass is 383 g/mol. The maximum absolute atomic E-state index is 13.4. The van der Waals surface area contributed by atoms with Crippen molar-refractivity contribution in [1.82, 2.24) is 24.1 Å². The van der Waals surface area contributed by atoms with E-state index in [9.17, 15) is 4.79 Å². The lowest BCUT2D eigenvalue weighted by atomic mass is 10.2. The minimum absolute atomic E-state index is 0.0641. The Hall–Kier alpha value is -3.54. The van der Waals surface area contributed by atoms with Gasteiger partial charge >= 0.3 is 0 Å². The van der Waals surface area contributed by atoms with Crippen LogP contribution in [0.15, 0.2) is 65.7 Å². The van der Waals surface area contributed by atoms with E-state index >= 15 is 0 Å². The van der Waals surface area contributed by atoms with Crippen LogP contribution in [-0.2, 0) is 6.54 Å². The SMILES string of the molecule is CC[C@@H](C)n1cnc2c(c1=O)c1nc3ccccc3nc1n2Cc1ccccc1. The lowest BCUT2D eigenvalue weighted by Crippen LogP contribution is -2.23. The fourth-order valence-electron chi connectivity index (χ4n) is 3.74. The summed E-state index contributed by atoms with van der Waals surface area (Å²) in [4.78, 5) is 27.7. The van der Waals surface area contributed by atoms with E-state index in [0.29, 0.717) is 28.7 Å². The molecule has 0 aliphatic rings. The molecule has 0 bridgehead atoms. The second-order valence-corrected chi connectivity index (χ2v) is 7.37. The van der Waals surface area contributed by atoms with Crippen molar-refractivity contribution in [2.45, 2.75) is 32.9 Å². The van der Waals surface area contributed by atoms with E-state index in [4.69, 9.17) is 9.97 Å². The molecule has 0 aliphatic carbocycles. The molecule has 0 N–H and O–H groups in total. The summed E-state index contributed by atoms with van der Waals surface area (Å²) in [6.45, 7) is 4.67. The van der Waals surface area contributed by atoms with Crippen LogP contribution in [0.25, 0.3) is 33.2 Å². The van der Waals surface area contributed by atoms with Crippen LogP contribution in [0.5, 0.6) is 0 Å². The Bertz CT molecular complexity index is 1400. The summed E-state index contributed by atoms with van der Waals surface area (Å²) in [7, 11) is 0. The Kier molecular flexibility index (Phi) is 4.12. The van der Waals surface area contributed by atoms with Gasteiger partial charge in [0.25, 0.3) is 5.56 Å². The number of hydrogen-bond donors (Lipinski definition) is 0. The number of para-hydroxylation sites is 2. The van der Waals surface area contributed by atoms with E-state index in [0.717, 1.165) is 23.0 Å². The lowest BCUT2D eigenvalue weighted by Gasteiger charge is -2.12. The molecule has 0 aliphatic heterocycles. The van der Waals surface area contributed by atoms with Crippen molar-refractivity contribution in [3.8, 4) is 0 Å². The first-order valence-electron chi connectivity index (χ1n) is 9.87. The first-order valence-corrected chi connectivity index (χ1v) is 9.87. The van der Waals surface area contributed by atoms with E-state index in [1.54, 1.807) is 10.9 Å². The van der Waals surface area contributed by atoms with Crippen LogP contribution < -0.4 is 5.56 Å². The van der Waals surface area contributed by atoms with Crippen LogP contribution in [0.4, 0.5) is 0 Å². The number of nitrogens with zero attached hydrogens (tertiary/aromatic N) is 5. The molecule has 3 heterocycles. The van der Waals surface area contributed by atoms with Gasteiger partial charge in [-0.3, -0.25) is 9.36 Å². The smallest absolute Gasteiger partial charge is 0.265 e. The highest BCUT2D eigenvalue weighted by Gasteiger charge is 2.20. The third-order valence-corrected chi connectivity index (χ3v) is 5.53. The largest absolute Gasteiger partial charge is 0.304 e. The van der Waals surface area contributed by atoms with Crippen LogP contribution in [-0.4, -0.2) is 24.1 Å². The average Bonchev–Trinajstić information content (AvgIpc) is 3.06. The second kappa shape index (κ2) is 6.81. The molecule has 6 nitrogen and oxygen atoms in total. The summed E-state index contributed by atoms with van der Waals surface area (Å²) in [6.07, 6.45) is 2.50. The van der Waals surface area contributed by atoms with Gasteiger partial charge in [0.15, 0.2) is 11.3 Å². The average molecular weight is 383 g/mol. The fraction of sp³-hybridized carbons (Fsp3) is 0.217. The van der Waals surface area contributed by atoms with E-state index < -0.39 is 0 Å². The Labute approximate surface area is 167 Å². The maximum Gasteiger partial charge on any atom is 0.265 e. The van der Waals surface area contributed by atoms with Crippen LogP contribution in [0.3, 0.4) is 0 Å². The quantitative estimate of drug-likeness (QED) is 0.464. The predicted molar refractivity (Wildman–Crippen MR) is 115 cm³/mol. The Morgan fingerprint density at radius 1 is 0.931 bits per heavy atom. The number of hydrogen-bond acceptors (Lipinski definition) is 4. The van der Waals surface area contributed by atoms with Gasteiger partial charge in [-0.15, -0.1) is 0 Å². The van der Waals surface area contributed by atoms with Crippen molar-refractivity contribution in [3.63, 3.8) is 0 Å². The van der Waals surface area contributed by atoms with Crippen molar-refractivity contribution in [2.24, 2.45) is 0 Å². The second-order valence-electron chi connectivity index (χ2n) is 7.37. The van der Waals surface area contributed by atoms with Crippen molar-refractivity contribution < 1.29 is 0 Å². The van der Waals surface area contributed by atoms with Crippen LogP contribution >= 0.6 is 0 Å². The zero-order chi connectivity index (χ0) is 20.0. The first-order chi connectivity index (χ1) is 14.2. The van der Waals surface area contributed by atoms with Gasteiger partial charge in [-0.25, -0.2) is 15.0 Å². The molecule has 29 heavy (non-hydrogen) atoms. The molecule has 0 unspecified atom stereocenters. The first kappa shape index (κ1) is 17.6. The summed E-state index contributed by atoms with van der Waals surface area (Å²) in [5.74, 6) is 0. The van der Waals surface area contributed by atoms with Gasteiger partial charge in [-0.05, 0) is 31.0 Å². The van der Waals surface area contributed by atoms with Crippen LogP contribution in [0, 0.1) is 0 Å². The minimum Gasteiger partial charge on any atom is -0.304 e. The topological polar surface area (TPSA) is 65.6 Å². The van der Waals surface area contributed by atoms with Gasteiger partial charge in [0, 0.05) is 6.04 Å². The molecular weight excluding hydrogens is 362 g/mol. The third-order valence-electron chi connectivity index (χ3n) is 5.53. The molecule has 0 spiro atoms. The molecule has 0 saturated heterocycles. The molecule has 3 aromatic heterocycles. The molecule has 0 fully saturated rings. The predicted octanol–water partition coefficient (Wildman–Crippen LogP) is 4.31. The fourth-order valence-corrected chi connectivity index (χ4v) is 3.74.